The van der Waals surface area contributed by atoms with Gasteiger partial charge in [0.25, 0.3) is 6.71 Å². The van der Waals surface area contributed by atoms with Gasteiger partial charge in [0.15, 0.2) is 0 Å². The molecule has 0 amide bonds. The van der Waals surface area contributed by atoms with Gasteiger partial charge in [-0.2, -0.15) is 0 Å². The SMILES string of the molecule is Cc1cc(-c2ccc3c(c2)Oc2c(C)cc(C)c4c2B3c2cc(C)c(C)c(C)c2O4)cc(C)c1C. The van der Waals surface area contributed by atoms with Gasteiger partial charge in [-0.15, -0.1) is 0 Å². The van der Waals surface area contributed by atoms with E-state index in [9.17, 15) is 0 Å². The van der Waals surface area contributed by atoms with Crippen LogP contribution in [0.4, 0.5) is 0 Å². The highest BCUT2D eigenvalue weighted by atomic mass is 16.5. The summed E-state index contributed by atoms with van der Waals surface area (Å²) in [5.74, 6) is 3.84. The van der Waals surface area contributed by atoms with Crippen molar-refractivity contribution in [3.05, 3.63) is 87.0 Å². The van der Waals surface area contributed by atoms with Gasteiger partial charge in [-0.1, -0.05) is 30.3 Å². The summed E-state index contributed by atoms with van der Waals surface area (Å²) >= 11 is 0. The van der Waals surface area contributed by atoms with E-state index >= 15 is 0 Å². The predicted octanol–water partition coefficient (Wildman–Crippen LogP) is 6.55. The largest absolute Gasteiger partial charge is 0.458 e. The first kappa shape index (κ1) is 22.0. The molecular formula is C32H31BO2. The zero-order chi connectivity index (χ0) is 24.8. The zero-order valence-corrected chi connectivity index (χ0v) is 21.9. The van der Waals surface area contributed by atoms with Crippen LogP contribution in [-0.2, 0) is 0 Å². The number of rotatable bonds is 1. The average Bonchev–Trinajstić information content (AvgIpc) is 2.83. The molecule has 6 rings (SSSR count). The Bertz CT molecular complexity index is 1550. The fourth-order valence-corrected chi connectivity index (χ4v) is 5.89. The van der Waals surface area contributed by atoms with Crippen molar-refractivity contribution in [2.45, 2.75) is 55.4 Å². The third-order valence-electron chi connectivity index (χ3n) is 8.37. The summed E-state index contributed by atoms with van der Waals surface area (Å²) in [6.07, 6.45) is 0. The second kappa shape index (κ2) is 7.52. The van der Waals surface area contributed by atoms with Crippen LogP contribution in [-0.4, -0.2) is 6.71 Å². The minimum Gasteiger partial charge on any atom is -0.458 e. The van der Waals surface area contributed by atoms with E-state index in [-0.39, 0.29) is 6.71 Å². The second-order valence-electron chi connectivity index (χ2n) is 10.6. The molecule has 0 aliphatic carbocycles. The van der Waals surface area contributed by atoms with Crippen LogP contribution < -0.4 is 25.9 Å². The molecule has 0 saturated carbocycles. The molecule has 2 nitrogen and oxygen atoms in total. The summed E-state index contributed by atoms with van der Waals surface area (Å²) in [6, 6.07) is 15.8. The Kier molecular flexibility index (Phi) is 4.73. The fourth-order valence-electron chi connectivity index (χ4n) is 5.89. The van der Waals surface area contributed by atoms with Gasteiger partial charge in [-0.3, -0.25) is 0 Å². The summed E-state index contributed by atoms with van der Waals surface area (Å²) in [4.78, 5) is 0. The lowest BCUT2D eigenvalue weighted by molar-refractivity contribution is 0.457. The molecule has 35 heavy (non-hydrogen) atoms. The van der Waals surface area contributed by atoms with E-state index in [0.29, 0.717) is 0 Å². The number of hydrogen-bond acceptors (Lipinski definition) is 2. The predicted molar refractivity (Wildman–Crippen MR) is 147 cm³/mol. The second-order valence-corrected chi connectivity index (χ2v) is 10.6. The lowest BCUT2D eigenvalue weighted by atomic mass is 9.34. The minimum absolute atomic E-state index is 0.0969. The Morgan fingerprint density at radius 1 is 0.486 bits per heavy atom. The number of ether oxygens (including phenoxy) is 2. The average molecular weight is 458 g/mol. The Morgan fingerprint density at radius 2 is 1.11 bits per heavy atom. The molecule has 2 heterocycles. The van der Waals surface area contributed by atoms with Gasteiger partial charge in [0.05, 0.1) is 0 Å². The maximum atomic E-state index is 6.68. The van der Waals surface area contributed by atoms with Crippen molar-refractivity contribution in [3.63, 3.8) is 0 Å². The Labute approximate surface area is 209 Å². The molecule has 0 unspecified atom stereocenters. The van der Waals surface area contributed by atoms with Crippen molar-refractivity contribution in [2.24, 2.45) is 0 Å². The van der Waals surface area contributed by atoms with E-state index in [0.717, 1.165) is 34.1 Å². The molecule has 4 aromatic carbocycles. The Hall–Kier alpha value is -3.46. The van der Waals surface area contributed by atoms with Crippen LogP contribution in [0, 0.1) is 55.4 Å². The molecule has 0 aromatic heterocycles. The standard InChI is InChI=1S/C32H31BO2/c1-16-12-25(13-17(2)21(16)6)24-9-10-26-28(15-24)34-30-19(4)11-20(5)31-29(30)33(26)27-14-18(3)22(7)23(8)32(27)35-31/h9-15H,1-8H3. The molecule has 4 aromatic rings. The number of hydrogen-bond donors (Lipinski definition) is 0. The maximum Gasteiger partial charge on any atom is 0.260 e. The number of fused-ring (bicyclic) bond motifs is 4. The van der Waals surface area contributed by atoms with Crippen molar-refractivity contribution in [3.8, 4) is 34.1 Å². The van der Waals surface area contributed by atoms with Gasteiger partial charge in [0, 0.05) is 5.46 Å². The normalized spacial score (nSPS) is 13.0. The molecule has 0 spiro atoms. The Morgan fingerprint density at radius 3 is 1.80 bits per heavy atom. The van der Waals surface area contributed by atoms with E-state index in [4.69, 9.17) is 9.47 Å². The van der Waals surface area contributed by atoms with Crippen molar-refractivity contribution >= 4 is 23.1 Å². The summed E-state index contributed by atoms with van der Waals surface area (Å²) < 4.78 is 13.3. The van der Waals surface area contributed by atoms with Crippen LogP contribution in [0.1, 0.15) is 44.5 Å². The van der Waals surface area contributed by atoms with Gasteiger partial charge < -0.3 is 9.47 Å². The van der Waals surface area contributed by atoms with Gasteiger partial charge in [-0.05, 0) is 134 Å². The van der Waals surface area contributed by atoms with Crippen molar-refractivity contribution in [1.82, 2.24) is 0 Å². The summed E-state index contributed by atoms with van der Waals surface area (Å²) in [5, 5.41) is 0. The molecule has 0 saturated heterocycles. The first-order chi connectivity index (χ1) is 16.7. The molecule has 0 fully saturated rings. The molecule has 174 valence electrons. The highest BCUT2D eigenvalue weighted by Crippen LogP contribution is 2.41. The van der Waals surface area contributed by atoms with Gasteiger partial charge in [0.1, 0.15) is 23.0 Å². The number of benzene rings is 4. The molecule has 0 bridgehead atoms. The summed E-state index contributed by atoms with van der Waals surface area (Å²) in [6.45, 7) is 17.5. The van der Waals surface area contributed by atoms with Crippen LogP contribution in [0.25, 0.3) is 11.1 Å². The molecule has 2 aliphatic rings. The van der Waals surface area contributed by atoms with Crippen LogP contribution in [0.15, 0.2) is 42.5 Å². The lowest BCUT2D eigenvalue weighted by Crippen LogP contribution is -2.58. The van der Waals surface area contributed by atoms with Crippen molar-refractivity contribution in [1.29, 1.82) is 0 Å². The first-order valence-electron chi connectivity index (χ1n) is 12.5. The first-order valence-corrected chi connectivity index (χ1v) is 12.5. The van der Waals surface area contributed by atoms with Crippen LogP contribution >= 0.6 is 0 Å². The van der Waals surface area contributed by atoms with Gasteiger partial charge in [-0.25, -0.2) is 0 Å². The highest BCUT2D eigenvalue weighted by Gasteiger charge is 2.42. The Balaban J connectivity index is 1.61. The lowest BCUT2D eigenvalue weighted by Gasteiger charge is -2.36. The van der Waals surface area contributed by atoms with Crippen LogP contribution in [0.5, 0.6) is 23.0 Å². The maximum absolute atomic E-state index is 6.68. The monoisotopic (exact) mass is 458 g/mol. The summed E-state index contributed by atoms with van der Waals surface area (Å²) in [5.41, 5.74) is 16.2. The molecule has 0 atom stereocenters. The smallest absolute Gasteiger partial charge is 0.260 e. The topological polar surface area (TPSA) is 18.5 Å². The zero-order valence-electron chi connectivity index (χ0n) is 21.9. The molecule has 3 heteroatoms. The van der Waals surface area contributed by atoms with E-state index in [1.54, 1.807) is 0 Å². The van der Waals surface area contributed by atoms with E-state index in [2.05, 4.69) is 97.9 Å². The molecule has 0 radical (unpaired) electrons. The highest BCUT2D eigenvalue weighted by molar-refractivity contribution is 6.98. The van der Waals surface area contributed by atoms with E-state index in [1.807, 2.05) is 0 Å². The van der Waals surface area contributed by atoms with E-state index < -0.39 is 0 Å². The summed E-state index contributed by atoms with van der Waals surface area (Å²) in [7, 11) is 0. The van der Waals surface area contributed by atoms with Gasteiger partial charge >= 0.3 is 0 Å². The molecule has 2 aliphatic heterocycles. The number of aryl methyl sites for hydroxylation is 5. The minimum atomic E-state index is 0.0969. The third-order valence-corrected chi connectivity index (χ3v) is 8.37. The van der Waals surface area contributed by atoms with Crippen molar-refractivity contribution in [2.75, 3.05) is 0 Å². The van der Waals surface area contributed by atoms with Crippen LogP contribution in [0.3, 0.4) is 0 Å². The molecule has 0 N–H and O–H groups in total. The van der Waals surface area contributed by atoms with Crippen LogP contribution in [0.2, 0.25) is 0 Å². The fraction of sp³-hybridized carbons (Fsp3) is 0.250. The third kappa shape index (κ3) is 3.10. The molecular weight excluding hydrogens is 427 g/mol. The van der Waals surface area contributed by atoms with Gasteiger partial charge in [0.2, 0.25) is 0 Å². The van der Waals surface area contributed by atoms with E-state index in [1.165, 1.54) is 60.9 Å². The van der Waals surface area contributed by atoms with Crippen molar-refractivity contribution < 1.29 is 9.47 Å². The quantitative estimate of drug-likeness (QED) is 0.260.